The topological polar surface area (TPSA) is 64.9 Å². The number of pyridine rings is 1. The van der Waals surface area contributed by atoms with Crippen LogP contribution in [0.1, 0.15) is 62.7 Å². The van der Waals surface area contributed by atoms with Gasteiger partial charge < -0.3 is 10.1 Å². The monoisotopic (exact) mass is 451 g/mol. The standard InChI is InChI=1S/C25H30ClN5O/c1-16(2)28-20-14-18-13-19(26)8-11-22(18)31-23(15-20)29-30-25(31)17-6-9-21(10-7-17)32-24-5-3-4-12-27-24/h3-5,8,11-13,16-17,20-21,28H,6-7,9-10,14-15H2,1-2H3/t17-,20-,21-/m1/s1. The molecule has 0 unspecified atom stereocenters. The van der Waals surface area contributed by atoms with Gasteiger partial charge >= 0.3 is 0 Å². The van der Waals surface area contributed by atoms with Crippen LogP contribution in [-0.2, 0) is 12.8 Å². The van der Waals surface area contributed by atoms with Gasteiger partial charge in [0, 0.05) is 41.7 Å². The second-order valence-electron chi connectivity index (χ2n) is 9.27. The lowest BCUT2D eigenvalue weighted by molar-refractivity contribution is 0.139. The van der Waals surface area contributed by atoms with Crippen molar-refractivity contribution in [1.82, 2.24) is 25.1 Å². The van der Waals surface area contributed by atoms with Gasteiger partial charge in [-0.05, 0) is 61.9 Å². The molecule has 3 aromatic rings. The highest BCUT2D eigenvalue weighted by Crippen LogP contribution is 2.37. The molecule has 6 nitrogen and oxygen atoms in total. The van der Waals surface area contributed by atoms with E-state index in [9.17, 15) is 0 Å². The molecular weight excluding hydrogens is 422 g/mol. The zero-order valence-electron chi connectivity index (χ0n) is 18.7. The maximum absolute atomic E-state index is 6.38. The van der Waals surface area contributed by atoms with Crippen molar-refractivity contribution in [2.45, 2.75) is 76.5 Å². The Kier molecular flexibility index (Phi) is 6.15. The summed E-state index contributed by atoms with van der Waals surface area (Å²) in [6.07, 6.45) is 7.83. The molecule has 2 aromatic heterocycles. The van der Waals surface area contributed by atoms with Gasteiger partial charge in [-0.25, -0.2) is 4.98 Å². The molecular formula is C25H30ClN5O. The lowest BCUT2D eigenvalue weighted by atomic mass is 9.86. The summed E-state index contributed by atoms with van der Waals surface area (Å²) in [6.45, 7) is 4.37. The van der Waals surface area contributed by atoms with Gasteiger partial charge in [-0.15, -0.1) is 10.2 Å². The van der Waals surface area contributed by atoms with Crippen LogP contribution in [0.4, 0.5) is 0 Å². The van der Waals surface area contributed by atoms with Crippen molar-refractivity contribution in [2.24, 2.45) is 0 Å². The van der Waals surface area contributed by atoms with Crippen LogP contribution in [0.5, 0.6) is 5.88 Å². The molecule has 7 heteroatoms. The average molecular weight is 452 g/mol. The first-order valence-corrected chi connectivity index (χ1v) is 12.0. The lowest BCUT2D eigenvalue weighted by Crippen LogP contribution is -2.37. The summed E-state index contributed by atoms with van der Waals surface area (Å²) in [4.78, 5) is 4.30. The summed E-state index contributed by atoms with van der Waals surface area (Å²) in [5.74, 6) is 3.19. The molecule has 1 N–H and O–H groups in total. The molecule has 0 amide bonds. The van der Waals surface area contributed by atoms with Crippen LogP contribution in [0.25, 0.3) is 5.69 Å². The van der Waals surface area contributed by atoms with E-state index in [2.05, 4.69) is 45.9 Å². The summed E-state index contributed by atoms with van der Waals surface area (Å²) >= 11 is 6.38. The normalized spacial score (nSPS) is 22.8. The zero-order chi connectivity index (χ0) is 22.1. The number of hydrogen-bond acceptors (Lipinski definition) is 5. The Balaban J connectivity index is 1.39. The Labute approximate surface area is 194 Å². The van der Waals surface area contributed by atoms with Gasteiger partial charge in [0.25, 0.3) is 0 Å². The van der Waals surface area contributed by atoms with Crippen molar-refractivity contribution >= 4 is 11.6 Å². The molecule has 1 aliphatic carbocycles. The Morgan fingerprint density at radius 3 is 2.66 bits per heavy atom. The number of rotatable bonds is 5. The Morgan fingerprint density at radius 1 is 1.06 bits per heavy atom. The first kappa shape index (κ1) is 21.4. The minimum atomic E-state index is 0.207. The van der Waals surface area contributed by atoms with Gasteiger partial charge in [-0.2, -0.15) is 0 Å². The Morgan fingerprint density at radius 2 is 1.91 bits per heavy atom. The molecule has 1 fully saturated rings. The molecule has 168 valence electrons. The molecule has 5 rings (SSSR count). The molecule has 1 aliphatic heterocycles. The predicted octanol–water partition coefficient (Wildman–Crippen LogP) is 4.89. The van der Waals surface area contributed by atoms with Crippen LogP contribution in [0.2, 0.25) is 5.02 Å². The number of nitrogens with zero attached hydrogens (tertiary/aromatic N) is 4. The molecule has 0 spiro atoms. The minimum absolute atomic E-state index is 0.207. The number of hydrogen-bond donors (Lipinski definition) is 1. The third kappa shape index (κ3) is 4.52. The maximum atomic E-state index is 6.38. The van der Waals surface area contributed by atoms with E-state index in [0.717, 1.165) is 55.2 Å². The molecule has 1 aromatic carbocycles. The lowest BCUT2D eigenvalue weighted by Gasteiger charge is -2.28. The van der Waals surface area contributed by atoms with E-state index in [1.165, 1.54) is 11.3 Å². The van der Waals surface area contributed by atoms with Crippen molar-refractivity contribution < 1.29 is 4.74 Å². The van der Waals surface area contributed by atoms with Gasteiger partial charge in [0.15, 0.2) is 0 Å². The van der Waals surface area contributed by atoms with E-state index < -0.39 is 0 Å². The molecule has 3 heterocycles. The third-order valence-corrected chi connectivity index (χ3v) is 6.70. The zero-order valence-corrected chi connectivity index (χ0v) is 19.4. The summed E-state index contributed by atoms with van der Waals surface area (Å²) in [6, 6.07) is 12.7. The first-order valence-electron chi connectivity index (χ1n) is 11.6. The molecule has 1 atom stereocenters. The quantitative estimate of drug-likeness (QED) is 0.598. The number of fused-ring (bicyclic) bond motifs is 3. The SMILES string of the molecule is CC(C)N[C@@H]1Cc2cc(Cl)ccc2-n2c(nnc2[C@H]2CC[C@H](Oc3ccccn3)CC2)C1. The summed E-state index contributed by atoms with van der Waals surface area (Å²) in [5.41, 5.74) is 2.42. The molecule has 1 saturated carbocycles. The van der Waals surface area contributed by atoms with Crippen molar-refractivity contribution in [1.29, 1.82) is 0 Å². The second-order valence-corrected chi connectivity index (χ2v) is 9.71. The Bertz CT molecular complexity index is 1060. The summed E-state index contributed by atoms with van der Waals surface area (Å²) in [7, 11) is 0. The largest absolute Gasteiger partial charge is 0.474 e. The van der Waals surface area contributed by atoms with Gasteiger partial charge in [0.2, 0.25) is 5.88 Å². The van der Waals surface area contributed by atoms with E-state index in [1.807, 2.05) is 24.3 Å². The van der Waals surface area contributed by atoms with Crippen LogP contribution < -0.4 is 10.1 Å². The highest BCUT2D eigenvalue weighted by Gasteiger charge is 2.31. The van der Waals surface area contributed by atoms with Crippen LogP contribution in [0.15, 0.2) is 42.6 Å². The van der Waals surface area contributed by atoms with Gasteiger partial charge in [-0.3, -0.25) is 4.57 Å². The van der Waals surface area contributed by atoms with E-state index >= 15 is 0 Å². The van der Waals surface area contributed by atoms with E-state index in [-0.39, 0.29) is 6.10 Å². The van der Waals surface area contributed by atoms with Crippen molar-refractivity contribution in [2.75, 3.05) is 0 Å². The van der Waals surface area contributed by atoms with Crippen LogP contribution >= 0.6 is 11.6 Å². The minimum Gasteiger partial charge on any atom is -0.474 e. The molecule has 2 aliphatic rings. The average Bonchev–Trinajstić information content (AvgIpc) is 3.11. The van der Waals surface area contributed by atoms with Crippen LogP contribution in [0, 0.1) is 0 Å². The van der Waals surface area contributed by atoms with Gasteiger partial charge in [0.05, 0.1) is 5.69 Å². The fourth-order valence-corrected chi connectivity index (χ4v) is 5.29. The summed E-state index contributed by atoms with van der Waals surface area (Å²) in [5, 5.41) is 13.8. The predicted molar refractivity (Wildman–Crippen MR) is 126 cm³/mol. The van der Waals surface area contributed by atoms with Crippen molar-refractivity contribution in [3.63, 3.8) is 0 Å². The van der Waals surface area contributed by atoms with E-state index in [0.29, 0.717) is 23.9 Å². The number of benzene rings is 1. The number of halogens is 1. The molecule has 0 bridgehead atoms. The fraction of sp³-hybridized carbons (Fsp3) is 0.480. The molecule has 0 saturated heterocycles. The Hall–Kier alpha value is -2.44. The number of nitrogens with one attached hydrogen (secondary N) is 1. The highest BCUT2D eigenvalue weighted by atomic mass is 35.5. The highest BCUT2D eigenvalue weighted by molar-refractivity contribution is 6.30. The molecule has 0 radical (unpaired) electrons. The van der Waals surface area contributed by atoms with Gasteiger partial charge in [0.1, 0.15) is 17.8 Å². The number of aromatic nitrogens is 4. The third-order valence-electron chi connectivity index (χ3n) is 6.47. The van der Waals surface area contributed by atoms with Crippen LogP contribution in [0.3, 0.4) is 0 Å². The van der Waals surface area contributed by atoms with E-state index in [4.69, 9.17) is 21.4 Å². The fourth-order valence-electron chi connectivity index (χ4n) is 5.10. The maximum Gasteiger partial charge on any atom is 0.213 e. The first-order chi connectivity index (χ1) is 15.6. The van der Waals surface area contributed by atoms with Crippen molar-refractivity contribution in [3.05, 3.63) is 64.8 Å². The smallest absolute Gasteiger partial charge is 0.213 e. The van der Waals surface area contributed by atoms with E-state index in [1.54, 1.807) is 6.20 Å². The van der Waals surface area contributed by atoms with Crippen molar-refractivity contribution in [3.8, 4) is 11.6 Å². The van der Waals surface area contributed by atoms with Crippen LogP contribution in [-0.4, -0.2) is 37.9 Å². The summed E-state index contributed by atoms with van der Waals surface area (Å²) < 4.78 is 8.40. The number of ether oxygens (including phenoxy) is 1. The van der Waals surface area contributed by atoms with Gasteiger partial charge in [-0.1, -0.05) is 31.5 Å². The second kappa shape index (κ2) is 9.20. The molecule has 32 heavy (non-hydrogen) atoms.